The Morgan fingerprint density at radius 2 is 1.62 bits per heavy atom. The van der Waals surface area contributed by atoms with E-state index >= 15 is 0 Å². The molecule has 1 fully saturated rings. The highest BCUT2D eigenvalue weighted by atomic mass is 16.3. The molecule has 3 rings (SSSR count). The zero-order valence-electron chi connectivity index (χ0n) is 16.8. The average molecular weight is 351 g/mol. The second kappa shape index (κ2) is 5.87. The van der Waals surface area contributed by atoms with Gasteiger partial charge in [0.25, 0.3) is 0 Å². The van der Waals surface area contributed by atoms with E-state index < -0.39 is 0 Å². The van der Waals surface area contributed by atoms with Gasteiger partial charge in [-0.05, 0) is 45.6 Å². The third-order valence-electron chi connectivity index (χ3n) is 7.06. The Hall–Kier alpha value is -2.29. The molecule has 3 heteroatoms. The first-order valence-corrected chi connectivity index (χ1v) is 9.22. The van der Waals surface area contributed by atoms with E-state index in [0.29, 0.717) is 17.9 Å². The molecule has 1 aliphatic carbocycles. The second-order valence-electron chi connectivity index (χ2n) is 8.91. The molecule has 1 heterocycles. The largest absolute Gasteiger partial charge is 0.507 e. The number of nitrogens with one attached hydrogen (secondary N) is 1. The number of allylic oxidation sites excluding steroid dienone is 3. The molecule has 0 radical (unpaired) electrons. The number of fused-ring (bicyclic) bond motifs is 1. The summed E-state index contributed by atoms with van der Waals surface area (Å²) < 4.78 is 0. The van der Waals surface area contributed by atoms with Gasteiger partial charge in [0.1, 0.15) is 11.6 Å². The maximum Gasteiger partial charge on any atom is 0.136 e. The second-order valence-corrected chi connectivity index (χ2v) is 8.91. The fraction of sp³-hybridized carbons (Fsp3) is 0.435. The molecule has 138 valence electrons. The van der Waals surface area contributed by atoms with Crippen molar-refractivity contribution in [2.75, 3.05) is 6.54 Å². The van der Waals surface area contributed by atoms with Crippen molar-refractivity contribution >= 4 is 5.84 Å². The third kappa shape index (κ3) is 2.53. The van der Waals surface area contributed by atoms with Gasteiger partial charge in [0.05, 0.1) is 12.1 Å². The van der Waals surface area contributed by atoms with Gasteiger partial charge < -0.3 is 10.4 Å². The zero-order valence-corrected chi connectivity index (χ0v) is 16.8. The van der Waals surface area contributed by atoms with Crippen LogP contribution in [0.5, 0.6) is 5.75 Å². The molecule has 1 aromatic rings. The van der Waals surface area contributed by atoms with Crippen LogP contribution in [0, 0.1) is 16.2 Å². The van der Waals surface area contributed by atoms with Gasteiger partial charge in [0, 0.05) is 5.70 Å². The zero-order chi connectivity index (χ0) is 19.3. The lowest BCUT2D eigenvalue weighted by Crippen LogP contribution is -2.37. The lowest BCUT2D eigenvalue weighted by Gasteiger charge is -2.43. The summed E-state index contributed by atoms with van der Waals surface area (Å²) in [5, 5.41) is 13.5. The average Bonchev–Trinajstić information content (AvgIpc) is 2.70. The van der Waals surface area contributed by atoms with Gasteiger partial charge in [0.2, 0.25) is 0 Å². The van der Waals surface area contributed by atoms with Gasteiger partial charge in [-0.15, -0.1) is 0 Å². The maximum absolute atomic E-state index is 10.2. The summed E-state index contributed by atoms with van der Waals surface area (Å²) in [4.78, 5) is 4.72. The van der Waals surface area contributed by atoms with Crippen molar-refractivity contribution in [1.29, 1.82) is 0 Å². The highest BCUT2D eigenvalue weighted by Crippen LogP contribution is 2.67. The molecular formula is C23H30N2O. The number of hydrogen-bond acceptors (Lipinski definition) is 3. The quantitative estimate of drug-likeness (QED) is 0.731. The van der Waals surface area contributed by atoms with Crippen molar-refractivity contribution in [3.05, 3.63) is 65.4 Å². The predicted octanol–water partition coefficient (Wildman–Crippen LogP) is 5.20. The molecule has 2 aliphatic rings. The Morgan fingerprint density at radius 1 is 1.00 bits per heavy atom. The molecule has 3 nitrogen and oxygen atoms in total. The molecule has 0 spiro atoms. The van der Waals surface area contributed by atoms with Crippen molar-refractivity contribution < 1.29 is 5.11 Å². The van der Waals surface area contributed by atoms with E-state index in [2.05, 4.69) is 65.6 Å². The fourth-order valence-electron chi connectivity index (χ4n) is 4.21. The molecule has 0 unspecified atom stereocenters. The summed E-state index contributed by atoms with van der Waals surface area (Å²) in [6.07, 6.45) is 4.39. The Kier molecular flexibility index (Phi) is 4.18. The molecule has 1 aliphatic heterocycles. The summed E-state index contributed by atoms with van der Waals surface area (Å²) in [7, 11) is 0. The SMILES string of the molecule is C=C1/C=C2\C(=C/C/N=C(/c3ccccc3O)N1)C(C)(C)C(C)(C)C2(C)C. The first-order valence-electron chi connectivity index (χ1n) is 9.22. The highest BCUT2D eigenvalue weighted by molar-refractivity contribution is 6.02. The van der Waals surface area contributed by atoms with Gasteiger partial charge in [-0.2, -0.15) is 0 Å². The molecule has 0 atom stereocenters. The van der Waals surface area contributed by atoms with Gasteiger partial charge in [-0.25, -0.2) is 0 Å². The summed E-state index contributed by atoms with van der Waals surface area (Å²) in [6, 6.07) is 7.25. The monoisotopic (exact) mass is 350 g/mol. The molecule has 0 amide bonds. The molecule has 0 saturated heterocycles. The van der Waals surface area contributed by atoms with Crippen molar-refractivity contribution in [3.63, 3.8) is 0 Å². The standard InChI is InChI=1S/C23H30N2O/c1-15-14-18-17(21(2,3)23(6,7)22(18,4)5)12-13-24-20(25-15)16-10-8-9-11-19(16)26/h8-12,14,26H,1,13H2,2-7H3,(H,24,25)/b17-12+,18-14+. The minimum Gasteiger partial charge on any atom is -0.507 e. The van der Waals surface area contributed by atoms with Crippen LogP contribution < -0.4 is 5.32 Å². The Morgan fingerprint density at radius 3 is 2.27 bits per heavy atom. The Labute approximate surface area is 157 Å². The van der Waals surface area contributed by atoms with Crippen LogP contribution in [0.2, 0.25) is 0 Å². The number of benzene rings is 1. The van der Waals surface area contributed by atoms with Crippen molar-refractivity contribution in [2.45, 2.75) is 41.5 Å². The Bertz CT molecular complexity index is 851. The van der Waals surface area contributed by atoms with Crippen LogP contribution in [0.1, 0.15) is 47.1 Å². The van der Waals surface area contributed by atoms with Crippen molar-refractivity contribution in [1.82, 2.24) is 5.32 Å². The minimum atomic E-state index is 0.00629. The lowest BCUT2D eigenvalue weighted by molar-refractivity contribution is 0.0751. The van der Waals surface area contributed by atoms with Crippen LogP contribution in [-0.4, -0.2) is 17.5 Å². The van der Waals surface area contributed by atoms with Gasteiger partial charge >= 0.3 is 0 Å². The van der Waals surface area contributed by atoms with Gasteiger partial charge in [0.15, 0.2) is 0 Å². The summed E-state index contributed by atoms with van der Waals surface area (Å²) in [5.74, 6) is 0.865. The maximum atomic E-state index is 10.2. The molecule has 0 bridgehead atoms. The number of rotatable bonds is 1. The summed E-state index contributed by atoms with van der Waals surface area (Å²) in [5.41, 5.74) is 4.27. The normalized spacial score (nSPS) is 29.5. The molecule has 1 saturated carbocycles. The number of hydrogen-bond donors (Lipinski definition) is 2. The highest BCUT2D eigenvalue weighted by Gasteiger charge is 2.58. The van der Waals surface area contributed by atoms with Crippen molar-refractivity contribution in [3.8, 4) is 5.75 Å². The van der Waals surface area contributed by atoms with E-state index in [1.54, 1.807) is 6.07 Å². The Balaban J connectivity index is 2.13. The van der Waals surface area contributed by atoms with Crippen LogP contribution in [0.25, 0.3) is 0 Å². The number of aliphatic imine (C=N–C) groups is 1. The topological polar surface area (TPSA) is 44.6 Å². The first kappa shape index (κ1) is 18.5. The minimum absolute atomic E-state index is 0.00629. The van der Waals surface area contributed by atoms with E-state index in [1.165, 1.54) is 11.1 Å². The van der Waals surface area contributed by atoms with E-state index in [9.17, 15) is 5.11 Å². The molecule has 26 heavy (non-hydrogen) atoms. The fourth-order valence-corrected chi connectivity index (χ4v) is 4.21. The van der Waals surface area contributed by atoms with E-state index in [-0.39, 0.29) is 22.0 Å². The smallest absolute Gasteiger partial charge is 0.136 e. The van der Waals surface area contributed by atoms with Gasteiger partial charge in [-0.3, -0.25) is 4.99 Å². The summed E-state index contributed by atoms with van der Waals surface area (Å²) >= 11 is 0. The molecule has 0 aromatic heterocycles. The molecule has 1 aromatic carbocycles. The van der Waals surface area contributed by atoms with E-state index in [0.717, 1.165) is 5.70 Å². The van der Waals surface area contributed by atoms with Crippen LogP contribution in [0.4, 0.5) is 0 Å². The predicted molar refractivity (Wildman–Crippen MR) is 109 cm³/mol. The molecule has 2 N–H and O–H groups in total. The van der Waals surface area contributed by atoms with Crippen LogP contribution in [0.3, 0.4) is 0 Å². The third-order valence-corrected chi connectivity index (χ3v) is 7.06. The number of aromatic hydroxyl groups is 1. The van der Waals surface area contributed by atoms with Gasteiger partial charge in [-0.1, -0.05) is 66.3 Å². The number of nitrogens with zero attached hydrogens (tertiary/aromatic N) is 1. The first-order chi connectivity index (χ1) is 12.0. The van der Waals surface area contributed by atoms with Crippen LogP contribution in [0.15, 0.2) is 64.8 Å². The lowest BCUT2D eigenvalue weighted by atomic mass is 9.60. The molecular weight excluding hydrogens is 320 g/mol. The number of phenols is 1. The number of para-hydroxylation sites is 1. The number of phenolic OH excluding ortho intramolecular Hbond substituents is 1. The van der Waals surface area contributed by atoms with Crippen molar-refractivity contribution in [2.24, 2.45) is 21.2 Å². The van der Waals surface area contributed by atoms with Crippen LogP contribution >= 0.6 is 0 Å². The number of amidine groups is 1. The van der Waals surface area contributed by atoms with Crippen LogP contribution in [-0.2, 0) is 0 Å². The summed E-state index contributed by atoms with van der Waals surface area (Å²) in [6.45, 7) is 18.7. The van der Waals surface area contributed by atoms with E-state index in [4.69, 9.17) is 4.99 Å². The van der Waals surface area contributed by atoms with E-state index in [1.807, 2.05) is 18.2 Å².